The molecule has 4 unspecified atom stereocenters. The molecule has 0 bridgehead atoms. The number of allylic oxidation sites excluding steroid dienone is 1. The van der Waals surface area contributed by atoms with E-state index in [4.69, 9.17) is 14.2 Å². The number of hydrogen-bond donors (Lipinski definition) is 0. The van der Waals surface area contributed by atoms with Gasteiger partial charge in [0.05, 0.1) is 19.0 Å². The Morgan fingerprint density at radius 1 is 0.721 bits per heavy atom. The second-order valence-electron chi connectivity index (χ2n) is 11.9. The zero-order valence-electron chi connectivity index (χ0n) is 24.9. The zero-order valence-corrected chi connectivity index (χ0v) is 24.9. The number of halogens is 4. The smallest absolute Gasteiger partial charge is 0.201 e. The molecule has 230 valence electrons. The van der Waals surface area contributed by atoms with E-state index in [2.05, 4.69) is 25.6 Å². The maximum absolute atomic E-state index is 15.0. The van der Waals surface area contributed by atoms with Crippen molar-refractivity contribution in [2.24, 2.45) is 23.7 Å². The highest BCUT2D eigenvalue weighted by molar-refractivity contribution is 5.67. The maximum Gasteiger partial charge on any atom is 0.201 e. The Hall–Kier alpha value is -3.48. The van der Waals surface area contributed by atoms with E-state index >= 15 is 0 Å². The number of aryl methyl sites for hydroxylation is 1. The Kier molecular flexibility index (Phi) is 9.99. The lowest BCUT2D eigenvalue weighted by molar-refractivity contribution is 0.0758. The molecule has 2 aliphatic carbocycles. The van der Waals surface area contributed by atoms with Crippen molar-refractivity contribution in [1.82, 2.24) is 0 Å². The van der Waals surface area contributed by atoms with Gasteiger partial charge in [0.2, 0.25) is 11.6 Å². The topological polar surface area (TPSA) is 27.7 Å². The predicted molar refractivity (Wildman–Crippen MR) is 160 cm³/mol. The van der Waals surface area contributed by atoms with E-state index in [1.165, 1.54) is 29.8 Å². The van der Waals surface area contributed by atoms with Gasteiger partial charge in [0, 0.05) is 17.0 Å². The number of ether oxygens (including phenoxy) is 3. The number of hydrogen-bond acceptors (Lipinski definition) is 3. The van der Waals surface area contributed by atoms with Gasteiger partial charge in [-0.25, -0.2) is 8.78 Å². The fourth-order valence-corrected chi connectivity index (χ4v) is 6.74. The van der Waals surface area contributed by atoms with Crippen LogP contribution in [0.15, 0.2) is 60.9 Å². The third-order valence-corrected chi connectivity index (χ3v) is 9.05. The summed E-state index contributed by atoms with van der Waals surface area (Å²) < 4.78 is 75.8. The lowest BCUT2D eigenvalue weighted by Gasteiger charge is -2.42. The lowest BCUT2D eigenvalue weighted by atomic mass is 9.65. The normalized spacial score (nSPS) is 21.6. The fourth-order valence-electron chi connectivity index (χ4n) is 6.74. The SMILES string of the molecule is C=C(Oc1ccc(CCC)cc1)C1CCC2CC(COc3ccc(-c4ccc(OCC)c(F)c4F)c(F)c3F)CCC2C1. The standard InChI is InChI=1S/C36H40F4O3/c1-4-6-23-8-13-28(14-9-23)43-22(3)25-11-12-26-19-24(7-10-27(26)20-25)21-42-32-18-16-30(34(38)36(32)40)29-15-17-31(41-5-2)35(39)33(29)37/h8-9,13-18,24-27H,3-7,10-12,19-21H2,1-2H3. The second-order valence-corrected chi connectivity index (χ2v) is 11.9. The molecule has 5 rings (SSSR count). The van der Waals surface area contributed by atoms with Crippen LogP contribution in [0.2, 0.25) is 0 Å². The first-order valence-electron chi connectivity index (χ1n) is 15.5. The van der Waals surface area contributed by atoms with Crippen LogP contribution in [0.1, 0.15) is 64.4 Å². The molecular formula is C36H40F4O3. The molecule has 2 saturated carbocycles. The molecule has 0 radical (unpaired) electrons. The largest absolute Gasteiger partial charge is 0.491 e. The lowest BCUT2D eigenvalue weighted by Crippen LogP contribution is -2.33. The summed E-state index contributed by atoms with van der Waals surface area (Å²) in [6, 6.07) is 13.2. The van der Waals surface area contributed by atoms with Gasteiger partial charge in [-0.2, -0.15) is 8.78 Å². The molecule has 7 heteroatoms. The summed E-state index contributed by atoms with van der Waals surface area (Å²) in [5.41, 5.74) is 0.555. The summed E-state index contributed by atoms with van der Waals surface area (Å²) in [5.74, 6) is -2.15. The summed E-state index contributed by atoms with van der Waals surface area (Å²) in [6.45, 7) is 8.48. The third-order valence-electron chi connectivity index (χ3n) is 9.05. The minimum atomic E-state index is -1.29. The highest BCUT2D eigenvalue weighted by Gasteiger charge is 2.37. The maximum atomic E-state index is 15.0. The van der Waals surface area contributed by atoms with E-state index in [-0.39, 0.29) is 41.8 Å². The molecule has 0 heterocycles. The summed E-state index contributed by atoms with van der Waals surface area (Å²) in [5, 5.41) is 0. The van der Waals surface area contributed by atoms with E-state index in [0.29, 0.717) is 17.8 Å². The Labute approximate surface area is 251 Å². The van der Waals surface area contributed by atoms with E-state index in [9.17, 15) is 17.6 Å². The van der Waals surface area contributed by atoms with Crippen LogP contribution in [-0.4, -0.2) is 13.2 Å². The highest BCUT2D eigenvalue weighted by Crippen LogP contribution is 2.46. The van der Waals surface area contributed by atoms with Crippen LogP contribution in [0, 0.1) is 46.9 Å². The van der Waals surface area contributed by atoms with Crippen molar-refractivity contribution >= 4 is 0 Å². The molecule has 0 saturated heterocycles. The Bertz CT molecular complexity index is 1420. The van der Waals surface area contributed by atoms with Crippen LogP contribution in [0.3, 0.4) is 0 Å². The predicted octanol–water partition coefficient (Wildman–Crippen LogP) is 10.1. The quantitative estimate of drug-likeness (QED) is 0.163. The number of benzene rings is 3. The molecule has 2 aliphatic rings. The van der Waals surface area contributed by atoms with Gasteiger partial charge in [-0.05, 0) is 112 Å². The molecule has 0 aliphatic heterocycles. The van der Waals surface area contributed by atoms with Crippen molar-refractivity contribution in [3.8, 4) is 28.4 Å². The summed E-state index contributed by atoms with van der Waals surface area (Å²) in [4.78, 5) is 0. The van der Waals surface area contributed by atoms with Gasteiger partial charge in [-0.15, -0.1) is 0 Å². The van der Waals surface area contributed by atoms with Gasteiger partial charge in [-0.1, -0.05) is 32.1 Å². The van der Waals surface area contributed by atoms with Crippen molar-refractivity contribution in [2.75, 3.05) is 13.2 Å². The molecule has 3 nitrogen and oxygen atoms in total. The molecule has 2 fully saturated rings. The van der Waals surface area contributed by atoms with Gasteiger partial charge in [0.1, 0.15) is 5.75 Å². The van der Waals surface area contributed by atoms with Crippen LogP contribution >= 0.6 is 0 Å². The summed E-state index contributed by atoms with van der Waals surface area (Å²) in [7, 11) is 0. The molecule has 4 atom stereocenters. The Balaban J connectivity index is 1.14. The van der Waals surface area contributed by atoms with Gasteiger partial charge in [0.25, 0.3) is 0 Å². The van der Waals surface area contributed by atoms with Crippen LogP contribution < -0.4 is 14.2 Å². The average molecular weight is 597 g/mol. The molecule has 3 aromatic rings. The van der Waals surface area contributed by atoms with Crippen molar-refractivity contribution in [1.29, 1.82) is 0 Å². The first kappa shape index (κ1) is 31.0. The number of rotatable bonds is 11. The summed E-state index contributed by atoms with van der Waals surface area (Å²) in [6.07, 6.45) is 8.29. The Morgan fingerprint density at radius 2 is 1.33 bits per heavy atom. The van der Waals surface area contributed by atoms with Gasteiger partial charge in [-0.3, -0.25) is 0 Å². The molecule has 0 N–H and O–H groups in total. The molecular weight excluding hydrogens is 556 g/mol. The van der Waals surface area contributed by atoms with E-state index < -0.39 is 23.3 Å². The average Bonchev–Trinajstić information content (AvgIpc) is 3.01. The van der Waals surface area contributed by atoms with Crippen molar-refractivity contribution in [2.45, 2.75) is 65.2 Å². The van der Waals surface area contributed by atoms with Crippen LogP contribution in [0.25, 0.3) is 11.1 Å². The second kappa shape index (κ2) is 13.9. The molecule has 0 spiro atoms. The first-order chi connectivity index (χ1) is 20.8. The summed E-state index contributed by atoms with van der Waals surface area (Å²) >= 11 is 0. The van der Waals surface area contributed by atoms with Crippen LogP contribution in [0.4, 0.5) is 17.6 Å². The fraction of sp³-hybridized carbons (Fsp3) is 0.444. The van der Waals surface area contributed by atoms with Gasteiger partial charge >= 0.3 is 0 Å². The van der Waals surface area contributed by atoms with E-state index in [1.807, 2.05) is 12.1 Å². The molecule has 43 heavy (non-hydrogen) atoms. The molecule has 3 aromatic carbocycles. The highest BCUT2D eigenvalue weighted by atomic mass is 19.2. The van der Waals surface area contributed by atoms with E-state index in [0.717, 1.165) is 62.9 Å². The minimum Gasteiger partial charge on any atom is -0.491 e. The Morgan fingerprint density at radius 3 is 1.95 bits per heavy atom. The number of fused-ring (bicyclic) bond motifs is 1. The van der Waals surface area contributed by atoms with Crippen LogP contribution in [-0.2, 0) is 6.42 Å². The van der Waals surface area contributed by atoms with Crippen molar-refractivity contribution < 1.29 is 31.8 Å². The molecule has 0 amide bonds. The molecule has 0 aromatic heterocycles. The minimum absolute atomic E-state index is 0.146. The van der Waals surface area contributed by atoms with Crippen LogP contribution in [0.5, 0.6) is 17.2 Å². The monoisotopic (exact) mass is 596 g/mol. The van der Waals surface area contributed by atoms with E-state index in [1.54, 1.807) is 6.92 Å². The first-order valence-corrected chi connectivity index (χ1v) is 15.5. The van der Waals surface area contributed by atoms with Crippen molar-refractivity contribution in [3.05, 3.63) is 89.7 Å². The van der Waals surface area contributed by atoms with Crippen molar-refractivity contribution in [3.63, 3.8) is 0 Å². The van der Waals surface area contributed by atoms with Gasteiger partial charge in [0.15, 0.2) is 23.1 Å². The third kappa shape index (κ3) is 7.02. The van der Waals surface area contributed by atoms with Gasteiger partial charge < -0.3 is 14.2 Å². The zero-order chi connectivity index (χ0) is 30.5.